The van der Waals surface area contributed by atoms with Crippen molar-refractivity contribution in [1.82, 2.24) is 0 Å². The van der Waals surface area contributed by atoms with Gasteiger partial charge in [-0.15, -0.1) is 0 Å². The highest BCUT2D eigenvalue weighted by molar-refractivity contribution is 8.10. The van der Waals surface area contributed by atoms with E-state index in [1.54, 1.807) is 12.1 Å². The fourth-order valence-electron chi connectivity index (χ4n) is 1.01. The third-order valence-corrected chi connectivity index (χ3v) is 4.00. The maximum absolute atomic E-state index is 11.5. The Morgan fingerprint density at radius 1 is 1.12 bits per heavy atom. The van der Waals surface area contributed by atoms with E-state index < -0.39 is 15.1 Å². The fourth-order valence-corrected chi connectivity index (χ4v) is 2.14. The quantitative estimate of drug-likeness (QED) is 0.793. The number of hydrogen-bond donors (Lipinski definition) is 0. The SMILES string of the molecule is O=S1(=O)C(Cl)=CN=C1Oc1ccc(Cl)cc1. The molecule has 1 aromatic carbocycles. The molecule has 0 saturated heterocycles. The smallest absolute Gasteiger partial charge is 0.321 e. The normalized spacial score (nSPS) is 17.9. The minimum absolute atomic E-state index is 0.325. The van der Waals surface area contributed by atoms with Crippen LogP contribution in [0.3, 0.4) is 0 Å². The highest BCUT2D eigenvalue weighted by atomic mass is 35.5. The number of hydrogen-bond acceptors (Lipinski definition) is 4. The molecule has 1 aliphatic heterocycles. The van der Waals surface area contributed by atoms with Gasteiger partial charge in [-0.2, -0.15) is 0 Å². The predicted octanol–water partition coefficient (Wildman–Crippen LogP) is 2.54. The van der Waals surface area contributed by atoms with Gasteiger partial charge in [0.15, 0.2) is 4.36 Å². The first-order valence-corrected chi connectivity index (χ1v) is 6.36. The standard InChI is InChI=1S/C9H5Cl2NO3S/c10-6-1-3-7(4-2-6)15-9-12-5-8(11)16(9,13)14/h1-5H. The first-order valence-electron chi connectivity index (χ1n) is 4.12. The lowest BCUT2D eigenvalue weighted by atomic mass is 10.3. The maximum Gasteiger partial charge on any atom is 0.321 e. The van der Waals surface area contributed by atoms with Crippen LogP contribution in [0.25, 0.3) is 0 Å². The summed E-state index contributed by atoms with van der Waals surface area (Å²) in [6.45, 7) is 0. The average molecular weight is 278 g/mol. The van der Waals surface area contributed by atoms with Crippen molar-refractivity contribution < 1.29 is 13.2 Å². The van der Waals surface area contributed by atoms with Crippen molar-refractivity contribution >= 4 is 38.3 Å². The van der Waals surface area contributed by atoms with Crippen molar-refractivity contribution in [3.63, 3.8) is 0 Å². The number of sulfone groups is 1. The highest BCUT2D eigenvalue weighted by Gasteiger charge is 2.30. The van der Waals surface area contributed by atoms with Gasteiger partial charge in [0.05, 0.1) is 6.20 Å². The molecule has 0 fully saturated rings. The van der Waals surface area contributed by atoms with Gasteiger partial charge in [-0.25, -0.2) is 13.4 Å². The number of halogens is 2. The van der Waals surface area contributed by atoms with Gasteiger partial charge in [-0.05, 0) is 24.3 Å². The van der Waals surface area contributed by atoms with Gasteiger partial charge in [0, 0.05) is 5.02 Å². The van der Waals surface area contributed by atoms with Gasteiger partial charge < -0.3 is 4.74 Å². The molecule has 0 bridgehead atoms. The molecule has 0 aliphatic carbocycles. The van der Waals surface area contributed by atoms with Gasteiger partial charge in [-0.1, -0.05) is 23.2 Å². The minimum atomic E-state index is -3.75. The molecule has 84 valence electrons. The van der Waals surface area contributed by atoms with Crippen LogP contribution < -0.4 is 4.74 Å². The van der Waals surface area contributed by atoms with Crippen LogP contribution in [0.5, 0.6) is 5.75 Å². The monoisotopic (exact) mass is 277 g/mol. The summed E-state index contributed by atoms with van der Waals surface area (Å²) < 4.78 is 27.7. The largest absolute Gasteiger partial charge is 0.430 e. The van der Waals surface area contributed by atoms with E-state index in [9.17, 15) is 8.42 Å². The Hall–Kier alpha value is -1.04. The second-order valence-electron chi connectivity index (χ2n) is 2.89. The number of nitrogens with zero attached hydrogens (tertiary/aromatic N) is 1. The van der Waals surface area contributed by atoms with E-state index in [4.69, 9.17) is 27.9 Å². The van der Waals surface area contributed by atoms with E-state index in [1.807, 2.05) is 0 Å². The molecule has 1 heterocycles. The Morgan fingerprint density at radius 2 is 1.75 bits per heavy atom. The second kappa shape index (κ2) is 4.08. The first-order chi connectivity index (χ1) is 7.50. The third kappa shape index (κ3) is 2.07. The molecule has 0 aromatic heterocycles. The average Bonchev–Trinajstić information content (AvgIpc) is 2.48. The molecule has 4 nitrogen and oxygen atoms in total. The number of ether oxygens (including phenoxy) is 1. The van der Waals surface area contributed by atoms with Crippen LogP contribution in [0.15, 0.2) is 39.8 Å². The zero-order valence-electron chi connectivity index (χ0n) is 7.72. The van der Waals surface area contributed by atoms with Crippen LogP contribution in [0.2, 0.25) is 5.02 Å². The van der Waals surface area contributed by atoms with Crippen molar-refractivity contribution in [2.45, 2.75) is 0 Å². The van der Waals surface area contributed by atoms with E-state index in [-0.39, 0.29) is 4.36 Å². The number of rotatable bonds is 1. The topological polar surface area (TPSA) is 55.7 Å². The lowest BCUT2D eigenvalue weighted by molar-refractivity contribution is 0.550. The number of aliphatic imine (C=N–C) groups is 1. The first kappa shape index (κ1) is 11.4. The summed E-state index contributed by atoms with van der Waals surface area (Å²) in [5.41, 5.74) is 0. The van der Waals surface area contributed by atoms with Crippen molar-refractivity contribution in [3.8, 4) is 5.75 Å². The second-order valence-corrected chi connectivity index (χ2v) is 5.75. The molecule has 1 aromatic rings. The number of benzene rings is 1. The molecule has 0 spiro atoms. The van der Waals surface area contributed by atoms with Gasteiger partial charge >= 0.3 is 5.23 Å². The van der Waals surface area contributed by atoms with E-state index in [0.29, 0.717) is 10.8 Å². The van der Waals surface area contributed by atoms with E-state index >= 15 is 0 Å². The van der Waals surface area contributed by atoms with Gasteiger partial charge in [0.25, 0.3) is 9.84 Å². The highest BCUT2D eigenvalue weighted by Crippen LogP contribution is 2.23. The van der Waals surface area contributed by atoms with E-state index in [0.717, 1.165) is 6.20 Å². The van der Waals surface area contributed by atoms with Crippen LogP contribution >= 0.6 is 23.2 Å². The van der Waals surface area contributed by atoms with Crippen LogP contribution in [-0.2, 0) is 9.84 Å². The Bertz CT molecular complexity index is 575. The summed E-state index contributed by atoms with van der Waals surface area (Å²) in [7, 11) is -3.75. The molecule has 0 radical (unpaired) electrons. The fraction of sp³-hybridized carbons (Fsp3) is 0. The van der Waals surface area contributed by atoms with Crippen molar-refractivity contribution in [2.75, 3.05) is 0 Å². The maximum atomic E-state index is 11.5. The summed E-state index contributed by atoms with van der Waals surface area (Å²) in [6, 6.07) is 6.22. The zero-order valence-corrected chi connectivity index (χ0v) is 10.1. The molecule has 2 rings (SSSR count). The third-order valence-electron chi connectivity index (χ3n) is 1.78. The van der Waals surface area contributed by atoms with E-state index in [2.05, 4.69) is 4.99 Å². The molecule has 0 unspecified atom stereocenters. The van der Waals surface area contributed by atoms with E-state index in [1.165, 1.54) is 12.1 Å². The Morgan fingerprint density at radius 3 is 2.25 bits per heavy atom. The predicted molar refractivity (Wildman–Crippen MR) is 62.4 cm³/mol. The Balaban J connectivity index is 2.23. The molecule has 0 amide bonds. The molecule has 0 atom stereocenters. The minimum Gasteiger partial charge on any atom is -0.430 e. The van der Waals surface area contributed by atoms with Crippen LogP contribution in [-0.4, -0.2) is 13.6 Å². The van der Waals surface area contributed by atoms with Crippen LogP contribution in [0.1, 0.15) is 0 Å². The molecule has 1 aliphatic rings. The van der Waals surface area contributed by atoms with Crippen molar-refractivity contribution in [2.24, 2.45) is 4.99 Å². The summed E-state index contributed by atoms with van der Waals surface area (Å²) in [5, 5.41) is 0.0968. The van der Waals surface area contributed by atoms with Crippen molar-refractivity contribution in [1.29, 1.82) is 0 Å². The van der Waals surface area contributed by atoms with Crippen LogP contribution in [0, 0.1) is 0 Å². The van der Waals surface area contributed by atoms with Gasteiger partial charge in [-0.3, -0.25) is 0 Å². The molecule has 0 saturated carbocycles. The molecule has 7 heteroatoms. The summed E-state index contributed by atoms with van der Waals surface area (Å²) in [6.07, 6.45) is 1.03. The lowest BCUT2D eigenvalue weighted by Gasteiger charge is -2.04. The summed E-state index contributed by atoms with van der Waals surface area (Å²) >= 11 is 11.1. The van der Waals surface area contributed by atoms with Gasteiger partial charge in [0.2, 0.25) is 0 Å². The lowest BCUT2D eigenvalue weighted by Crippen LogP contribution is -2.17. The van der Waals surface area contributed by atoms with Crippen LogP contribution in [0.4, 0.5) is 0 Å². The Labute approximate surface area is 102 Å². The molecule has 0 N–H and O–H groups in total. The molecular formula is C9H5Cl2NO3S. The summed E-state index contributed by atoms with van der Waals surface area (Å²) in [5.74, 6) is 0.325. The zero-order chi connectivity index (χ0) is 11.8. The Kier molecular flexibility index (Phi) is 2.92. The molecular weight excluding hydrogens is 273 g/mol. The van der Waals surface area contributed by atoms with Crippen molar-refractivity contribution in [3.05, 3.63) is 39.9 Å². The summed E-state index contributed by atoms with van der Waals surface area (Å²) in [4.78, 5) is 3.57. The molecule has 16 heavy (non-hydrogen) atoms. The van der Waals surface area contributed by atoms with Gasteiger partial charge in [0.1, 0.15) is 5.75 Å².